The van der Waals surface area contributed by atoms with E-state index >= 15 is 0 Å². The summed E-state index contributed by atoms with van der Waals surface area (Å²) in [5.41, 5.74) is 0. The summed E-state index contributed by atoms with van der Waals surface area (Å²) >= 11 is 1.84. The predicted molar refractivity (Wildman–Crippen MR) is 60.9 cm³/mol. The normalized spacial score (nSPS) is 39.6. The SMILES string of the molecule is CCOC1CC(N=C2NC(C)CS2)C1. The van der Waals surface area contributed by atoms with Crippen LogP contribution in [-0.4, -0.2) is 35.7 Å². The van der Waals surface area contributed by atoms with Gasteiger partial charge in [-0.3, -0.25) is 4.99 Å². The lowest BCUT2D eigenvalue weighted by molar-refractivity contribution is -0.000674. The van der Waals surface area contributed by atoms with E-state index in [-0.39, 0.29) is 0 Å². The Morgan fingerprint density at radius 1 is 1.57 bits per heavy atom. The molecule has 0 bridgehead atoms. The van der Waals surface area contributed by atoms with E-state index < -0.39 is 0 Å². The molecule has 0 aromatic rings. The van der Waals surface area contributed by atoms with E-state index in [0.717, 1.165) is 30.4 Å². The van der Waals surface area contributed by atoms with Gasteiger partial charge in [0.05, 0.1) is 12.1 Å². The fourth-order valence-corrected chi connectivity index (χ4v) is 2.75. The third-order valence-electron chi connectivity index (χ3n) is 2.61. The van der Waals surface area contributed by atoms with Gasteiger partial charge in [-0.1, -0.05) is 11.8 Å². The van der Waals surface area contributed by atoms with Gasteiger partial charge in [0.1, 0.15) is 0 Å². The highest BCUT2D eigenvalue weighted by Gasteiger charge is 2.30. The summed E-state index contributed by atoms with van der Waals surface area (Å²) in [6, 6.07) is 1.09. The number of ether oxygens (including phenoxy) is 1. The molecule has 1 saturated heterocycles. The lowest BCUT2D eigenvalue weighted by Gasteiger charge is -2.32. The number of rotatable bonds is 3. The van der Waals surface area contributed by atoms with Crippen molar-refractivity contribution >= 4 is 16.9 Å². The van der Waals surface area contributed by atoms with E-state index in [9.17, 15) is 0 Å². The van der Waals surface area contributed by atoms with Gasteiger partial charge in [0.15, 0.2) is 5.17 Å². The standard InChI is InChI=1S/C10H18N2OS/c1-3-13-9-4-8(5-9)12-10-11-7(2)6-14-10/h7-9H,3-6H2,1-2H3,(H,11,12). The summed E-state index contributed by atoms with van der Waals surface area (Å²) < 4.78 is 5.50. The zero-order valence-corrected chi connectivity index (χ0v) is 9.64. The number of amidine groups is 1. The van der Waals surface area contributed by atoms with Gasteiger partial charge >= 0.3 is 0 Å². The Bertz CT molecular complexity index is 226. The van der Waals surface area contributed by atoms with Crippen LogP contribution in [0.25, 0.3) is 0 Å². The zero-order chi connectivity index (χ0) is 9.97. The summed E-state index contributed by atoms with van der Waals surface area (Å²) in [7, 11) is 0. The Morgan fingerprint density at radius 2 is 2.36 bits per heavy atom. The molecule has 4 heteroatoms. The van der Waals surface area contributed by atoms with Crippen LogP contribution in [0.3, 0.4) is 0 Å². The Kier molecular flexibility index (Phi) is 3.34. The predicted octanol–water partition coefficient (Wildman–Crippen LogP) is 1.63. The highest BCUT2D eigenvalue weighted by Crippen LogP contribution is 2.28. The Morgan fingerprint density at radius 3 is 2.93 bits per heavy atom. The van der Waals surface area contributed by atoms with Gasteiger partial charge in [-0.05, 0) is 26.7 Å². The number of hydrogen-bond donors (Lipinski definition) is 1. The number of nitrogens with zero attached hydrogens (tertiary/aromatic N) is 1. The highest BCUT2D eigenvalue weighted by atomic mass is 32.2. The molecular weight excluding hydrogens is 196 g/mol. The second kappa shape index (κ2) is 4.53. The number of aliphatic imine (C=N–C) groups is 1. The van der Waals surface area contributed by atoms with Gasteiger partial charge in [0.2, 0.25) is 0 Å². The van der Waals surface area contributed by atoms with Crippen molar-refractivity contribution in [3.05, 3.63) is 0 Å². The minimum Gasteiger partial charge on any atom is -0.378 e. The topological polar surface area (TPSA) is 33.6 Å². The molecule has 1 saturated carbocycles. The first-order valence-electron chi connectivity index (χ1n) is 5.36. The lowest BCUT2D eigenvalue weighted by Crippen LogP contribution is -2.36. The maximum Gasteiger partial charge on any atom is 0.157 e. The van der Waals surface area contributed by atoms with Crippen molar-refractivity contribution in [2.75, 3.05) is 12.4 Å². The monoisotopic (exact) mass is 214 g/mol. The molecule has 80 valence electrons. The van der Waals surface area contributed by atoms with Gasteiger partial charge in [-0.2, -0.15) is 0 Å². The third-order valence-corrected chi connectivity index (χ3v) is 3.78. The van der Waals surface area contributed by atoms with Crippen molar-refractivity contribution in [2.24, 2.45) is 4.99 Å². The molecular formula is C10H18N2OS. The molecule has 14 heavy (non-hydrogen) atoms. The molecule has 0 radical (unpaired) electrons. The summed E-state index contributed by atoms with van der Waals surface area (Å²) in [6.07, 6.45) is 2.68. The smallest absolute Gasteiger partial charge is 0.157 e. The van der Waals surface area contributed by atoms with Crippen LogP contribution in [0.1, 0.15) is 26.7 Å². The van der Waals surface area contributed by atoms with Crippen molar-refractivity contribution in [1.82, 2.24) is 5.32 Å². The van der Waals surface area contributed by atoms with Crippen LogP contribution in [0.15, 0.2) is 4.99 Å². The van der Waals surface area contributed by atoms with Gasteiger partial charge in [-0.25, -0.2) is 0 Å². The van der Waals surface area contributed by atoms with Gasteiger partial charge < -0.3 is 10.1 Å². The van der Waals surface area contributed by atoms with Crippen molar-refractivity contribution in [2.45, 2.75) is 44.9 Å². The first-order valence-corrected chi connectivity index (χ1v) is 6.35. The molecule has 1 unspecified atom stereocenters. The quantitative estimate of drug-likeness (QED) is 0.775. The number of hydrogen-bond acceptors (Lipinski definition) is 3. The maximum atomic E-state index is 5.50. The first-order chi connectivity index (χ1) is 6.78. The first kappa shape index (κ1) is 10.3. The molecule has 0 aromatic heterocycles. The van der Waals surface area contributed by atoms with E-state index in [1.807, 2.05) is 11.8 Å². The van der Waals surface area contributed by atoms with E-state index in [0.29, 0.717) is 18.2 Å². The molecule has 3 nitrogen and oxygen atoms in total. The van der Waals surface area contributed by atoms with Crippen molar-refractivity contribution in [1.29, 1.82) is 0 Å². The summed E-state index contributed by atoms with van der Waals surface area (Å²) in [6.45, 7) is 5.08. The van der Waals surface area contributed by atoms with Crippen LogP contribution in [0, 0.1) is 0 Å². The Hall–Kier alpha value is -0.220. The molecule has 1 atom stereocenters. The van der Waals surface area contributed by atoms with Gasteiger partial charge in [0.25, 0.3) is 0 Å². The lowest BCUT2D eigenvalue weighted by atomic mass is 9.90. The van der Waals surface area contributed by atoms with Crippen molar-refractivity contribution < 1.29 is 4.74 Å². The molecule has 1 heterocycles. The molecule has 0 aromatic carbocycles. The van der Waals surface area contributed by atoms with E-state index in [4.69, 9.17) is 4.74 Å². The minimum atomic E-state index is 0.471. The molecule has 1 aliphatic carbocycles. The number of nitrogens with one attached hydrogen (secondary N) is 1. The van der Waals surface area contributed by atoms with Crippen LogP contribution < -0.4 is 5.32 Å². The molecule has 0 amide bonds. The van der Waals surface area contributed by atoms with Crippen molar-refractivity contribution in [3.8, 4) is 0 Å². The Labute approximate surface area is 89.7 Å². The van der Waals surface area contributed by atoms with Gasteiger partial charge in [-0.15, -0.1) is 0 Å². The fraction of sp³-hybridized carbons (Fsp3) is 0.900. The van der Waals surface area contributed by atoms with E-state index in [1.54, 1.807) is 0 Å². The molecule has 2 fully saturated rings. The maximum absolute atomic E-state index is 5.50. The number of thioether (sulfide) groups is 1. The van der Waals surface area contributed by atoms with Crippen LogP contribution >= 0.6 is 11.8 Å². The van der Waals surface area contributed by atoms with Crippen LogP contribution in [0.5, 0.6) is 0 Å². The van der Waals surface area contributed by atoms with Crippen molar-refractivity contribution in [3.63, 3.8) is 0 Å². The molecule has 1 aliphatic heterocycles. The highest BCUT2D eigenvalue weighted by molar-refractivity contribution is 8.14. The average Bonchev–Trinajstić information content (AvgIpc) is 2.48. The fourth-order valence-electron chi connectivity index (χ4n) is 1.75. The minimum absolute atomic E-state index is 0.471. The third kappa shape index (κ3) is 2.42. The van der Waals surface area contributed by atoms with Gasteiger partial charge in [0, 0.05) is 18.4 Å². The molecule has 2 aliphatic rings. The van der Waals surface area contributed by atoms with E-state index in [1.165, 1.54) is 0 Å². The van der Waals surface area contributed by atoms with Crippen LogP contribution in [0.4, 0.5) is 0 Å². The summed E-state index contributed by atoms with van der Waals surface area (Å²) in [5, 5.41) is 4.51. The zero-order valence-electron chi connectivity index (χ0n) is 8.82. The summed E-state index contributed by atoms with van der Waals surface area (Å²) in [4.78, 5) is 4.65. The molecule has 1 N–H and O–H groups in total. The van der Waals surface area contributed by atoms with E-state index in [2.05, 4.69) is 24.2 Å². The second-order valence-corrected chi connectivity index (χ2v) is 5.00. The molecule has 2 rings (SSSR count). The van der Waals surface area contributed by atoms with Crippen LogP contribution in [0.2, 0.25) is 0 Å². The second-order valence-electron chi connectivity index (χ2n) is 3.99. The average molecular weight is 214 g/mol. The Balaban J connectivity index is 1.72. The largest absolute Gasteiger partial charge is 0.378 e. The summed E-state index contributed by atoms with van der Waals surface area (Å²) in [5.74, 6) is 1.15. The van der Waals surface area contributed by atoms with Crippen LogP contribution in [-0.2, 0) is 4.74 Å². The molecule has 0 spiro atoms.